The molecule has 0 amide bonds. The molecule has 0 N–H and O–H groups in total. The second kappa shape index (κ2) is 7.20. The van der Waals surface area contributed by atoms with Crippen molar-refractivity contribution >= 4 is 13.3 Å². The Morgan fingerprint density at radius 1 is 0.481 bits per heavy atom. The fraction of sp³-hybridized carbons (Fsp3) is 0. The highest BCUT2D eigenvalue weighted by molar-refractivity contribution is 6.32. The highest BCUT2D eigenvalue weighted by Gasteiger charge is 2.09. The standard InChI is InChI=1S/C24H15BF2/c25-20-12-9-16(10-13-20)19-11-14-22(24(27)15-19)18-7-5-17(6-8-18)21-3-1-2-4-23(21)26/h1-15H. The Hall–Kier alpha value is -3.20. The van der Waals surface area contributed by atoms with E-state index in [1.165, 1.54) is 12.1 Å². The molecular weight excluding hydrogens is 337 g/mol. The van der Waals surface area contributed by atoms with E-state index in [1.807, 2.05) is 30.3 Å². The predicted octanol–water partition coefficient (Wildman–Crippen LogP) is 5.76. The van der Waals surface area contributed by atoms with Gasteiger partial charge < -0.3 is 0 Å². The normalized spacial score (nSPS) is 10.7. The number of benzene rings is 4. The van der Waals surface area contributed by atoms with Crippen molar-refractivity contribution in [3.63, 3.8) is 0 Å². The fourth-order valence-corrected chi connectivity index (χ4v) is 3.13. The minimum atomic E-state index is -0.303. The smallest absolute Gasteiger partial charge is 0.131 e. The molecular formula is C24H15BF2. The molecule has 0 saturated heterocycles. The van der Waals surface area contributed by atoms with Crippen LogP contribution < -0.4 is 5.46 Å². The molecule has 0 nitrogen and oxygen atoms in total. The molecule has 0 fully saturated rings. The summed E-state index contributed by atoms with van der Waals surface area (Å²) in [5.41, 5.74) is 4.92. The summed E-state index contributed by atoms with van der Waals surface area (Å²) in [7, 11) is 5.70. The van der Waals surface area contributed by atoms with E-state index >= 15 is 0 Å². The van der Waals surface area contributed by atoms with E-state index < -0.39 is 0 Å². The van der Waals surface area contributed by atoms with Crippen molar-refractivity contribution in [1.29, 1.82) is 0 Å². The van der Waals surface area contributed by atoms with E-state index in [2.05, 4.69) is 0 Å². The van der Waals surface area contributed by atoms with Crippen LogP contribution in [0.15, 0.2) is 91.0 Å². The molecule has 0 aliphatic rings. The van der Waals surface area contributed by atoms with Crippen LogP contribution >= 0.6 is 0 Å². The Morgan fingerprint density at radius 3 is 1.59 bits per heavy atom. The molecule has 0 spiro atoms. The van der Waals surface area contributed by atoms with Crippen molar-refractivity contribution in [1.82, 2.24) is 0 Å². The van der Waals surface area contributed by atoms with E-state index in [0.29, 0.717) is 16.6 Å². The van der Waals surface area contributed by atoms with Crippen molar-refractivity contribution in [2.24, 2.45) is 0 Å². The molecule has 0 aromatic heterocycles. The lowest BCUT2D eigenvalue weighted by molar-refractivity contribution is 0.631. The van der Waals surface area contributed by atoms with Crippen molar-refractivity contribution < 1.29 is 8.78 Å². The van der Waals surface area contributed by atoms with Gasteiger partial charge in [-0.25, -0.2) is 8.78 Å². The van der Waals surface area contributed by atoms with Gasteiger partial charge >= 0.3 is 0 Å². The van der Waals surface area contributed by atoms with Crippen LogP contribution in [0.2, 0.25) is 0 Å². The van der Waals surface area contributed by atoms with Crippen LogP contribution in [0, 0.1) is 11.6 Å². The van der Waals surface area contributed by atoms with Gasteiger partial charge in [0.25, 0.3) is 0 Å². The molecule has 0 unspecified atom stereocenters. The second-order valence-electron chi connectivity index (χ2n) is 6.37. The van der Waals surface area contributed by atoms with Crippen LogP contribution in [-0.2, 0) is 0 Å². The first-order valence-corrected chi connectivity index (χ1v) is 8.62. The van der Waals surface area contributed by atoms with Gasteiger partial charge in [0.15, 0.2) is 0 Å². The van der Waals surface area contributed by atoms with Gasteiger partial charge in [-0.05, 0) is 34.4 Å². The van der Waals surface area contributed by atoms with E-state index in [4.69, 9.17) is 7.85 Å². The van der Waals surface area contributed by atoms with Crippen molar-refractivity contribution in [3.05, 3.63) is 103 Å². The first kappa shape index (κ1) is 17.2. The lowest BCUT2D eigenvalue weighted by atomic mass is 9.93. The largest absolute Gasteiger partial charge is 0.206 e. The van der Waals surface area contributed by atoms with Crippen LogP contribution in [0.25, 0.3) is 33.4 Å². The average molecular weight is 352 g/mol. The first-order chi connectivity index (χ1) is 13.1. The van der Waals surface area contributed by atoms with Crippen molar-refractivity contribution in [3.8, 4) is 33.4 Å². The third kappa shape index (κ3) is 3.54. The summed E-state index contributed by atoms with van der Waals surface area (Å²) in [5, 5.41) is 0. The highest BCUT2D eigenvalue weighted by atomic mass is 19.1. The summed E-state index contributed by atoms with van der Waals surface area (Å²) in [6.45, 7) is 0. The van der Waals surface area contributed by atoms with Crippen LogP contribution in [0.1, 0.15) is 0 Å². The lowest BCUT2D eigenvalue weighted by Crippen LogP contribution is -1.99. The topological polar surface area (TPSA) is 0 Å². The van der Waals surface area contributed by atoms with Gasteiger partial charge in [0.2, 0.25) is 0 Å². The number of halogens is 2. The van der Waals surface area contributed by atoms with Gasteiger partial charge in [-0.2, -0.15) is 0 Å². The molecule has 4 aromatic carbocycles. The summed E-state index contributed by atoms with van der Waals surface area (Å²) in [6, 6.07) is 26.3. The zero-order valence-corrected chi connectivity index (χ0v) is 14.5. The molecule has 3 heteroatoms. The van der Waals surface area contributed by atoms with E-state index in [0.717, 1.165) is 22.3 Å². The molecule has 2 radical (unpaired) electrons. The van der Waals surface area contributed by atoms with Crippen LogP contribution in [-0.4, -0.2) is 7.85 Å². The number of rotatable bonds is 3. The average Bonchev–Trinajstić information content (AvgIpc) is 2.69. The van der Waals surface area contributed by atoms with Gasteiger partial charge in [-0.3, -0.25) is 0 Å². The summed E-state index contributed by atoms with van der Waals surface area (Å²) in [5.74, 6) is -0.577. The number of hydrogen-bond donors (Lipinski definition) is 0. The summed E-state index contributed by atoms with van der Waals surface area (Å²) in [4.78, 5) is 0. The second-order valence-corrected chi connectivity index (χ2v) is 6.37. The third-order valence-electron chi connectivity index (χ3n) is 4.59. The van der Waals surface area contributed by atoms with Gasteiger partial charge in [-0.15, -0.1) is 0 Å². The quantitative estimate of drug-likeness (QED) is 0.411. The van der Waals surface area contributed by atoms with Gasteiger partial charge in [0.05, 0.1) is 0 Å². The van der Waals surface area contributed by atoms with E-state index in [1.54, 1.807) is 48.5 Å². The molecule has 0 heterocycles. The van der Waals surface area contributed by atoms with Gasteiger partial charge in [0, 0.05) is 11.1 Å². The summed E-state index contributed by atoms with van der Waals surface area (Å²) < 4.78 is 28.6. The third-order valence-corrected chi connectivity index (χ3v) is 4.59. The predicted molar refractivity (Wildman–Crippen MR) is 108 cm³/mol. The molecule has 0 saturated carbocycles. The highest BCUT2D eigenvalue weighted by Crippen LogP contribution is 2.30. The summed E-state index contributed by atoms with van der Waals surface area (Å²) in [6.07, 6.45) is 0. The lowest BCUT2D eigenvalue weighted by Gasteiger charge is -2.09. The zero-order chi connectivity index (χ0) is 18.8. The molecule has 0 bridgehead atoms. The Bertz CT molecular complexity index is 1080. The fourth-order valence-electron chi connectivity index (χ4n) is 3.13. The molecule has 128 valence electrons. The minimum absolute atomic E-state index is 0.274. The SMILES string of the molecule is [B]c1ccc(-c2ccc(-c3ccc(-c4ccccc4F)cc3)c(F)c2)cc1. The van der Waals surface area contributed by atoms with Crippen LogP contribution in [0.5, 0.6) is 0 Å². The van der Waals surface area contributed by atoms with Crippen molar-refractivity contribution in [2.75, 3.05) is 0 Å². The maximum Gasteiger partial charge on any atom is 0.131 e. The number of hydrogen-bond acceptors (Lipinski definition) is 0. The van der Waals surface area contributed by atoms with Crippen molar-refractivity contribution in [2.45, 2.75) is 0 Å². The molecule has 0 aliphatic heterocycles. The van der Waals surface area contributed by atoms with Crippen LogP contribution in [0.3, 0.4) is 0 Å². The van der Waals surface area contributed by atoms with Gasteiger partial charge in [-0.1, -0.05) is 84.3 Å². The molecule has 0 aliphatic carbocycles. The Balaban J connectivity index is 1.65. The maximum absolute atomic E-state index is 14.7. The molecule has 27 heavy (non-hydrogen) atoms. The maximum atomic E-state index is 14.7. The molecule has 4 rings (SSSR count). The first-order valence-electron chi connectivity index (χ1n) is 8.62. The molecule has 4 aromatic rings. The van der Waals surface area contributed by atoms with E-state index in [-0.39, 0.29) is 11.6 Å². The Kier molecular flexibility index (Phi) is 4.60. The van der Waals surface area contributed by atoms with Crippen LogP contribution in [0.4, 0.5) is 8.78 Å². The van der Waals surface area contributed by atoms with Gasteiger partial charge in [0.1, 0.15) is 19.5 Å². The Morgan fingerprint density at radius 2 is 1.00 bits per heavy atom. The Labute approximate surface area is 158 Å². The minimum Gasteiger partial charge on any atom is -0.206 e. The van der Waals surface area contributed by atoms with E-state index in [9.17, 15) is 8.78 Å². The molecule has 0 atom stereocenters. The monoisotopic (exact) mass is 352 g/mol. The summed E-state index contributed by atoms with van der Waals surface area (Å²) >= 11 is 0. The zero-order valence-electron chi connectivity index (χ0n) is 14.5.